The van der Waals surface area contributed by atoms with Crippen molar-refractivity contribution in [2.45, 2.75) is 6.92 Å². The molecule has 0 aromatic heterocycles. The van der Waals surface area contributed by atoms with Gasteiger partial charge in [-0.2, -0.15) is 0 Å². The minimum Gasteiger partial charge on any atom is -0.496 e. The summed E-state index contributed by atoms with van der Waals surface area (Å²) >= 11 is 0. The third-order valence-electron chi connectivity index (χ3n) is 1.93. The van der Waals surface area contributed by atoms with Crippen molar-refractivity contribution in [3.05, 3.63) is 34.2 Å². The van der Waals surface area contributed by atoms with Crippen LogP contribution in [0.2, 0.25) is 0 Å². The molecule has 16 heavy (non-hydrogen) atoms. The maximum Gasteiger partial charge on any atom is 0.255 e. The maximum atomic E-state index is 11.6. The Bertz CT molecular complexity index is 438. The van der Waals surface area contributed by atoms with Crippen molar-refractivity contribution >= 4 is 11.6 Å². The van der Waals surface area contributed by atoms with Gasteiger partial charge in [-0.3, -0.25) is 4.79 Å². The van der Waals surface area contributed by atoms with E-state index in [1.165, 1.54) is 13.2 Å². The first-order valence-corrected chi connectivity index (χ1v) is 4.74. The molecule has 0 aliphatic carbocycles. The van der Waals surface area contributed by atoms with E-state index in [0.717, 1.165) is 0 Å². The van der Waals surface area contributed by atoms with Gasteiger partial charge in [0, 0.05) is 17.1 Å². The molecule has 0 aliphatic rings. The van der Waals surface area contributed by atoms with Gasteiger partial charge in [0.15, 0.2) is 0 Å². The maximum absolute atomic E-state index is 11.6. The summed E-state index contributed by atoms with van der Waals surface area (Å²) in [4.78, 5) is 14.3. The topological polar surface area (TPSA) is 87.1 Å². The number of benzene rings is 1. The Labute approximate surface area is 92.8 Å². The number of rotatable bonds is 4. The van der Waals surface area contributed by atoms with Gasteiger partial charge in [-0.1, -0.05) is 11.2 Å². The highest BCUT2D eigenvalue weighted by Crippen LogP contribution is 2.24. The van der Waals surface area contributed by atoms with Crippen molar-refractivity contribution in [2.75, 3.05) is 13.7 Å². The third kappa shape index (κ3) is 2.65. The predicted octanol–water partition coefficient (Wildman–Crippen LogP) is 2.39. The van der Waals surface area contributed by atoms with Gasteiger partial charge >= 0.3 is 0 Å². The van der Waals surface area contributed by atoms with Gasteiger partial charge in [0.2, 0.25) is 0 Å². The third-order valence-corrected chi connectivity index (χ3v) is 1.93. The molecule has 0 aliphatic heterocycles. The number of nitrogens with zero attached hydrogens (tertiary/aromatic N) is 3. The van der Waals surface area contributed by atoms with Gasteiger partial charge in [0.25, 0.3) is 5.91 Å². The molecule has 0 heterocycles. The normalized spacial score (nSPS) is 9.12. The number of hydrogen-bond donors (Lipinski definition) is 1. The Balaban J connectivity index is 3.10. The summed E-state index contributed by atoms with van der Waals surface area (Å²) in [5, 5.41) is 6.10. The van der Waals surface area contributed by atoms with Crippen molar-refractivity contribution in [3.8, 4) is 5.75 Å². The van der Waals surface area contributed by atoms with E-state index in [-0.39, 0.29) is 5.91 Å². The van der Waals surface area contributed by atoms with E-state index in [4.69, 9.17) is 10.3 Å². The van der Waals surface area contributed by atoms with Crippen LogP contribution in [0, 0.1) is 0 Å². The molecule has 1 rings (SSSR count). The lowest BCUT2D eigenvalue weighted by molar-refractivity contribution is 0.0953. The number of ether oxygens (including phenoxy) is 1. The summed E-state index contributed by atoms with van der Waals surface area (Å²) in [6, 6.07) is 4.64. The van der Waals surface area contributed by atoms with Crippen LogP contribution in [0.3, 0.4) is 0 Å². The highest BCUT2D eigenvalue weighted by Gasteiger charge is 2.11. The Kier molecular flexibility index (Phi) is 4.17. The molecule has 1 aromatic rings. The fraction of sp³-hybridized carbons (Fsp3) is 0.300. The summed E-state index contributed by atoms with van der Waals surface area (Å²) in [7, 11) is 1.46. The molecule has 84 valence electrons. The lowest BCUT2D eigenvalue weighted by Gasteiger charge is -2.08. The molecular formula is C10H12N4O2. The Morgan fingerprint density at radius 2 is 2.38 bits per heavy atom. The Hall–Kier alpha value is -2.20. The smallest absolute Gasteiger partial charge is 0.255 e. The second kappa shape index (κ2) is 5.63. The molecule has 0 radical (unpaired) electrons. The van der Waals surface area contributed by atoms with Crippen LogP contribution in [-0.2, 0) is 0 Å². The molecule has 0 spiro atoms. The quantitative estimate of drug-likeness (QED) is 0.479. The molecular weight excluding hydrogens is 208 g/mol. The lowest BCUT2D eigenvalue weighted by atomic mass is 10.1. The number of methoxy groups -OCH3 is 1. The summed E-state index contributed by atoms with van der Waals surface area (Å²) in [6.45, 7) is 2.37. The van der Waals surface area contributed by atoms with Gasteiger partial charge < -0.3 is 10.1 Å². The van der Waals surface area contributed by atoms with Crippen LogP contribution >= 0.6 is 0 Å². The van der Waals surface area contributed by atoms with Crippen LogP contribution in [0.1, 0.15) is 17.3 Å². The summed E-state index contributed by atoms with van der Waals surface area (Å²) in [5.74, 6) is 0.169. The Morgan fingerprint density at radius 1 is 1.62 bits per heavy atom. The van der Waals surface area contributed by atoms with Crippen molar-refractivity contribution < 1.29 is 9.53 Å². The van der Waals surface area contributed by atoms with E-state index in [9.17, 15) is 4.79 Å². The molecule has 1 amide bonds. The fourth-order valence-corrected chi connectivity index (χ4v) is 1.24. The summed E-state index contributed by atoms with van der Waals surface area (Å²) in [5.41, 5.74) is 9.11. The molecule has 0 saturated carbocycles. The van der Waals surface area contributed by atoms with Crippen molar-refractivity contribution in [2.24, 2.45) is 5.11 Å². The monoisotopic (exact) mass is 220 g/mol. The van der Waals surface area contributed by atoms with Gasteiger partial charge in [0.1, 0.15) is 5.75 Å². The van der Waals surface area contributed by atoms with E-state index in [2.05, 4.69) is 15.3 Å². The van der Waals surface area contributed by atoms with Crippen molar-refractivity contribution in [1.29, 1.82) is 0 Å². The first-order valence-electron chi connectivity index (χ1n) is 4.74. The van der Waals surface area contributed by atoms with Gasteiger partial charge in [-0.25, -0.2) is 0 Å². The van der Waals surface area contributed by atoms with Crippen LogP contribution < -0.4 is 10.1 Å². The molecule has 1 aromatic carbocycles. The molecule has 0 atom stereocenters. The van der Waals surface area contributed by atoms with E-state index < -0.39 is 0 Å². The van der Waals surface area contributed by atoms with Gasteiger partial charge in [-0.05, 0) is 24.6 Å². The highest BCUT2D eigenvalue weighted by atomic mass is 16.5. The number of azide groups is 1. The summed E-state index contributed by atoms with van der Waals surface area (Å²) in [6.07, 6.45) is 0. The fourth-order valence-electron chi connectivity index (χ4n) is 1.24. The number of nitrogens with one attached hydrogen (secondary N) is 1. The standard InChI is InChI=1S/C10H12N4O2/c1-3-12-10(15)8-5-4-7(13-14-11)6-9(8)16-2/h4-6H,3H2,1-2H3,(H,12,15). The largest absolute Gasteiger partial charge is 0.496 e. The van der Waals surface area contributed by atoms with Crippen LogP contribution in [-0.4, -0.2) is 19.6 Å². The number of hydrogen-bond acceptors (Lipinski definition) is 3. The molecule has 0 fully saturated rings. The molecule has 0 unspecified atom stereocenters. The number of carbonyl (C=O) groups is 1. The lowest BCUT2D eigenvalue weighted by Crippen LogP contribution is -2.23. The zero-order valence-electron chi connectivity index (χ0n) is 9.10. The zero-order valence-corrected chi connectivity index (χ0v) is 9.10. The molecule has 1 N–H and O–H groups in total. The Morgan fingerprint density at radius 3 is 2.94 bits per heavy atom. The van der Waals surface area contributed by atoms with Crippen LogP contribution in [0.5, 0.6) is 5.75 Å². The van der Waals surface area contributed by atoms with Crippen LogP contribution in [0.15, 0.2) is 23.3 Å². The van der Waals surface area contributed by atoms with Crippen LogP contribution in [0.25, 0.3) is 10.4 Å². The SMILES string of the molecule is CCNC(=O)c1ccc(N=[N+]=[N-])cc1OC. The van der Waals surface area contributed by atoms with Gasteiger partial charge in [0.05, 0.1) is 12.7 Å². The van der Waals surface area contributed by atoms with E-state index >= 15 is 0 Å². The minimum absolute atomic E-state index is 0.216. The number of amides is 1. The first-order chi connectivity index (χ1) is 7.72. The predicted molar refractivity (Wildman–Crippen MR) is 59.8 cm³/mol. The van der Waals surface area contributed by atoms with Crippen molar-refractivity contribution in [1.82, 2.24) is 5.32 Å². The number of carbonyl (C=O) groups excluding carboxylic acids is 1. The molecule has 0 bridgehead atoms. The van der Waals surface area contributed by atoms with Crippen molar-refractivity contribution in [3.63, 3.8) is 0 Å². The first kappa shape index (κ1) is 11.9. The highest BCUT2D eigenvalue weighted by molar-refractivity contribution is 5.97. The molecule has 6 heteroatoms. The zero-order chi connectivity index (χ0) is 12.0. The van der Waals surface area contributed by atoms with Crippen LogP contribution in [0.4, 0.5) is 5.69 Å². The van der Waals surface area contributed by atoms with E-state index in [0.29, 0.717) is 23.5 Å². The van der Waals surface area contributed by atoms with E-state index in [1.807, 2.05) is 6.92 Å². The minimum atomic E-state index is -0.216. The molecule has 6 nitrogen and oxygen atoms in total. The summed E-state index contributed by atoms with van der Waals surface area (Å²) < 4.78 is 5.06. The second-order valence-electron chi connectivity index (χ2n) is 2.93. The second-order valence-corrected chi connectivity index (χ2v) is 2.93. The average Bonchev–Trinajstić information content (AvgIpc) is 2.29. The average molecular weight is 220 g/mol. The van der Waals surface area contributed by atoms with E-state index in [1.54, 1.807) is 12.1 Å². The van der Waals surface area contributed by atoms with Gasteiger partial charge in [-0.15, -0.1) is 0 Å². The molecule has 0 saturated heterocycles.